The van der Waals surface area contributed by atoms with E-state index in [0.29, 0.717) is 11.5 Å². The number of hydrogen-bond acceptors (Lipinski definition) is 0. The van der Waals surface area contributed by atoms with Crippen LogP contribution in [0.5, 0.6) is 0 Å². The predicted molar refractivity (Wildman–Crippen MR) is 114 cm³/mol. The van der Waals surface area contributed by atoms with Crippen LogP contribution in [-0.4, -0.2) is 0 Å². The standard InChI is InChI=1S/C14H19F.C11H16/c1-6-12-9-7-8-11(4)13(12)14(5,15)10(2)3;1-8(2)11-7-5-6-9(3)10(11)4/h7-9H,2,6H2,1,3-5H3;5-8H,1-4H3. The van der Waals surface area contributed by atoms with Gasteiger partial charge in [0.15, 0.2) is 5.67 Å². The third-order valence-corrected chi connectivity index (χ3v) is 5.28. The van der Waals surface area contributed by atoms with Gasteiger partial charge in [0, 0.05) is 0 Å². The lowest BCUT2D eigenvalue weighted by Gasteiger charge is -2.26. The highest BCUT2D eigenvalue weighted by Gasteiger charge is 2.30. The zero-order chi connectivity index (χ0) is 20.1. The average molecular weight is 355 g/mol. The van der Waals surface area contributed by atoms with Gasteiger partial charge in [0.2, 0.25) is 0 Å². The van der Waals surface area contributed by atoms with Crippen molar-refractivity contribution in [3.05, 3.63) is 81.9 Å². The lowest BCUT2D eigenvalue weighted by Crippen LogP contribution is -2.20. The number of rotatable bonds is 4. The van der Waals surface area contributed by atoms with Crippen LogP contribution in [0.3, 0.4) is 0 Å². The van der Waals surface area contributed by atoms with E-state index < -0.39 is 5.67 Å². The summed E-state index contributed by atoms with van der Waals surface area (Å²) in [6.07, 6.45) is 0.851. The first kappa shape index (κ1) is 22.2. The van der Waals surface area contributed by atoms with Crippen molar-refractivity contribution in [3.63, 3.8) is 0 Å². The second kappa shape index (κ2) is 9.16. The average Bonchev–Trinajstić information content (AvgIpc) is 2.56. The molecule has 0 amide bonds. The Labute approximate surface area is 160 Å². The van der Waals surface area contributed by atoms with Gasteiger partial charge in [-0.3, -0.25) is 0 Å². The summed E-state index contributed by atoms with van der Waals surface area (Å²) in [5.41, 5.74) is 6.33. The fourth-order valence-corrected chi connectivity index (χ4v) is 3.31. The molecule has 0 aromatic heterocycles. The summed E-state index contributed by atoms with van der Waals surface area (Å²) in [5.74, 6) is 0.648. The summed E-state index contributed by atoms with van der Waals surface area (Å²) in [4.78, 5) is 0. The molecule has 0 fully saturated rings. The van der Waals surface area contributed by atoms with Gasteiger partial charge in [-0.25, -0.2) is 4.39 Å². The number of benzene rings is 2. The summed E-state index contributed by atoms with van der Waals surface area (Å²) in [5, 5.41) is 0. The van der Waals surface area contributed by atoms with Crippen LogP contribution in [0.25, 0.3) is 0 Å². The molecule has 0 nitrogen and oxygen atoms in total. The molecule has 0 aliphatic rings. The lowest BCUT2D eigenvalue weighted by atomic mass is 9.84. The molecule has 1 heteroatoms. The Morgan fingerprint density at radius 2 is 1.58 bits per heavy atom. The van der Waals surface area contributed by atoms with E-state index in [1.54, 1.807) is 13.8 Å². The number of halogens is 1. The van der Waals surface area contributed by atoms with E-state index in [1.807, 2.05) is 32.0 Å². The van der Waals surface area contributed by atoms with Crippen LogP contribution in [0.1, 0.15) is 73.9 Å². The smallest absolute Gasteiger partial charge is 0.154 e. The fraction of sp³-hybridized carbons (Fsp3) is 0.440. The molecule has 142 valence electrons. The van der Waals surface area contributed by atoms with E-state index in [-0.39, 0.29) is 0 Å². The van der Waals surface area contributed by atoms with E-state index in [4.69, 9.17) is 0 Å². The molecule has 0 bridgehead atoms. The molecule has 26 heavy (non-hydrogen) atoms. The number of alkyl halides is 1. The maximum Gasteiger partial charge on any atom is 0.154 e. The maximum atomic E-state index is 14.6. The first-order valence-corrected chi connectivity index (χ1v) is 9.53. The second-order valence-electron chi connectivity index (χ2n) is 7.69. The van der Waals surface area contributed by atoms with Gasteiger partial charge < -0.3 is 0 Å². The molecule has 0 aliphatic carbocycles. The van der Waals surface area contributed by atoms with Gasteiger partial charge >= 0.3 is 0 Å². The number of aryl methyl sites for hydroxylation is 3. The highest BCUT2D eigenvalue weighted by Crippen LogP contribution is 2.36. The summed E-state index contributed by atoms with van der Waals surface area (Å²) >= 11 is 0. The Balaban J connectivity index is 0.000000273. The van der Waals surface area contributed by atoms with Crippen molar-refractivity contribution in [2.24, 2.45) is 0 Å². The molecule has 0 saturated heterocycles. The van der Waals surface area contributed by atoms with Crippen LogP contribution < -0.4 is 0 Å². The van der Waals surface area contributed by atoms with Crippen molar-refractivity contribution in [3.8, 4) is 0 Å². The van der Waals surface area contributed by atoms with Crippen molar-refractivity contribution in [1.82, 2.24) is 0 Å². The molecule has 0 radical (unpaired) electrons. The van der Waals surface area contributed by atoms with E-state index >= 15 is 0 Å². The van der Waals surface area contributed by atoms with E-state index in [1.165, 1.54) is 16.7 Å². The van der Waals surface area contributed by atoms with Crippen molar-refractivity contribution in [2.75, 3.05) is 0 Å². The predicted octanol–water partition coefficient (Wildman–Crippen LogP) is 7.75. The number of hydrogen-bond donors (Lipinski definition) is 0. The van der Waals surface area contributed by atoms with Crippen LogP contribution in [0.4, 0.5) is 4.39 Å². The zero-order valence-electron chi connectivity index (χ0n) is 17.8. The van der Waals surface area contributed by atoms with Gasteiger partial charge in [0.05, 0.1) is 0 Å². The molecular weight excluding hydrogens is 319 g/mol. The molecule has 2 aromatic rings. The first-order valence-electron chi connectivity index (χ1n) is 9.53. The zero-order valence-corrected chi connectivity index (χ0v) is 17.8. The minimum atomic E-state index is -1.42. The molecule has 0 heterocycles. The van der Waals surface area contributed by atoms with Gasteiger partial charge in [-0.05, 0) is 85.9 Å². The normalized spacial score (nSPS) is 13.0. The molecule has 0 spiro atoms. The molecule has 2 rings (SSSR count). The Morgan fingerprint density at radius 1 is 1.04 bits per heavy atom. The Morgan fingerprint density at radius 3 is 2.04 bits per heavy atom. The third-order valence-electron chi connectivity index (χ3n) is 5.28. The van der Waals surface area contributed by atoms with Gasteiger partial charge in [0.1, 0.15) is 0 Å². The van der Waals surface area contributed by atoms with Crippen molar-refractivity contribution in [2.45, 2.75) is 73.4 Å². The topological polar surface area (TPSA) is 0 Å². The van der Waals surface area contributed by atoms with E-state index in [0.717, 1.165) is 23.1 Å². The van der Waals surface area contributed by atoms with Crippen LogP contribution in [0.2, 0.25) is 0 Å². The molecule has 0 saturated carbocycles. The van der Waals surface area contributed by atoms with Crippen LogP contribution in [0, 0.1) is 20.8 Å². The Bertz CT molecular complexity index is 751. The summed E-state index contributed by atoms with van der Waals surface area (Å²) in [6.45, 7) is 19.9. The quantitative estimate of drug-likeness (QED) is 0.492. The minimum Gasteiger partial charge on any atom is -0.234 e. The van der Waals surface area contributed by atoms with Crippen LogP contribution in [-0.2, 0) is 12.1 Å². The minimum absolute atomic E-state index is 0.562. The highest BCUT2D eigenvalue weighted by molar-refractivity contribution is 5.43. The van der Waals surface area contributed by atoms with Gasteiger partial charge in [-0.1, -0.05) is 63.7 Å². The van der Waals surface area contributed by atoms with Gasteiger partial charge in [-0.2, -0.15) is 0 Å². The highest BCUT2D eigenvalue weighted by atomic mass is 19.1. The monoisotopic (exact) mass is 354 g/mol. The third kappa shape index (κ3) is 5.06. The molecule has 0 N–H and O–H groups in total. The first-order chi connectivity index (χ1) is 12.0. The van der Waals surface area contributed by atoms with E-state index in [2.05, 4.69) is 52.5 Å². The van der Waals surface area contributed by atoms with Gasteiger partial charge in [-0.15, -0.1) is 0 Å². The molecule has 0 aliphatic heterocycles. The second-order valence-corrected chi connectivity index (χ2v) is 7.69. The molecule has 2 aromatic carbocycles. The molecule has 1 atom stereocenters. The largest absolute Gasteiger partial charge is 0.234 e. The summed E-state index contributed by atoms with van der Waals surface area (Å²) in [6, 6.07) is 12.4. The number of allylic oxidation sites excluding steroid dienone is 1. The van der Waals surface area contributed by atoms with Crippen molar-refractivity contribution >= 4 is 0 Å². The maximum absolute atomic E-state index is 14.6. The van der Waals surface area contributed by atoms with Crippen molar-refractivity contribution < 1.29 is 4.39 Å². The molecule has 1 unspecified atom stereocenters. The fourth-order valence-electron chi connectivity index (χ4n) is 3.31. The summed E-state index contributed by atoms with van der Waals surface area (Å²) in [7, 11) is 0. The Hall–Kier alpha value is -1.89. The Kier molecular flexibility index (Phi) is 7.81. The SMILES string of the molecule is C=C(C)C(C)(F)c1c(C)cccc1CC.Cc1cccc(C(C)C)c1C. The van der Waals surface area contributed by atoms with Crippen LogP contribution in [0.15, 0.2) is 48.6 Å². The van der Waals surface area contributed by atoms with Gasteiger partial charge in [0.25, 0.3) is 0 Å². The van der Waals surface area contributed by atoms with Crippen molar-refractivity contribution in [1.29, 1.82) is 0 Å². The van der Waals surface area contributed by atoms with Crippen LogP contribution >= 0.6 is 0 Å². The molecular formula is C25H35F. The van der Waals surface area contributed by atoms with E-state index in [9.17, 15) is 4.39 Å². The summed E-state index contributed by atoms with van der Waals surface area (Å²) < 4.78 is 14.6. The lowest BCUT2D eigenvalue weighted by molar-refractivity contribution is 0.242.